The molecule has 0 saturated heterocycles. The lowest BCUT2D eigenvalue weighted by molar-refractivity contribution is -0.156. The minimum atomic E-state index is -0.977. The minimum Gasteiger partial charge on any atom is -0.504 e. The molecule has 0 fully saturated rings. The van der Waals surface area contributed by atoms with Crippen LogP contribution in [0.5, 0.6) is 11.5 Å². The van der Waals surface area contributed by atoms with E-state index in [1.54, 1.807) is 40.7 Å². The lowest BCUT2D eigenvalue weighted by atomic mass is 10.1. The molecule has 3 atom stereocenters. The third kappa shape index (κ3) is 7.18. The summed E-state index contributed by atoms with van der Waals surface area (Å²) in [6, 6.07) is 3.19. The van der Waals surface area contributed by atoms with Crippen LogP contribution in [0, 0.1) is 0 Å². The van der Waals surface area contributed by atoms with Gasteiger partial charge < -0.3 is 30.2 Å². The average molecular weight is 369 g/mol. The lowest BCUT2D eigenvalue weighted by Crippen LogP contribution is -2.40. The van der Waals surface area contributed by atoms with Crippen LogP contribution in [0.1, 0.15) is 40.2 Å². The lowest BCUT2D eigenvalue weighted by Gasteiger charge is -2.24. The molecule has 1 rings (SSSR count). The first-order chi connectivity index (χ1) is 11.9. The second kappa shape index (κ2) is 8.75. The number of nitrogens with two attached hydrogens (primary N) is 1. The van der Waals surface area contributed by atoms with Crippen molar-refractivity contribution in [3.8, 4) is 11.5 Å². The quantitative estimate of drug-likeness (QED) is 0.514. The zero-order chi connectivity index (χ0) is 20.1. The van der Waals surface area contributed by atoms with Gasteiger partial charge in [0.2, 0.25) is 0 Å². The van der Waals surface area contributed by atoms with Gasteiger partial charge in [0.1, 0.15) is 23.9 Å². The zero-order valence-corrected chi connectivity index (χ0v) is 15.7. The fourth-order valence-corrected chi connectivity index (χ4v) is 1.92. The standard InChI is InChI=1S/C18H27NO7/c1-10(11(2)25-17(23)26-18(3,4)5)24-16(22)13(19)8-12-6-7-14(20)15(21)9-12/h6-7,9-11,13,20-21H,8,19H2,1-5H3/t10-,11?,13+/m1/s1. The van der Waals surface area contributed by atoms with Crippen LogP contribution < -0.4 is 5.73 Å². The number of phenolic OH excluding ortho intramolecular Hbond substituents is 2. The molecule has 1 aromatic rings. The second-order valence-electron chi connectivity index (χ2n) is 7.06. The fourth-order valence-electron chi connectivity index (χ4n) is 1.92. The summed E-state index contributed by atoms with van der Waals surface area (Å²) in [5.41, 5.74) is 5.70. The number of carbonyl (C=O) groups excluding carboxylic acids is 2. The number of carbonyl (C=O) groups is 2. The van der Waals surface area contributed by atoms with Gasteiger partial charge in [-0.15, -0.1) is 0 Å². The number of aromatic hydroxyl groups is 2. The van der Waals surface area contributed by atoms with Gasteiger partial charge in [-0.25, -0.2) is 4.79 Å². The molecule has 26 heavy (non-hydrogen) atoms. The minimum absolute atomic E-state index is 0.112. The zero-order valence-electron chi connectivity index (χ0n) is 15.7. The highest BCUT2D eigenvalue weighted by Gasteiger charge is 2.26. The van der Waals surface area contributed by atoms with E-state index in [2.05, 4.69) is 0 Å². The topological polar surface area (TPSA) is 128 Å². The number of ether oxygens (including phenoxy) is 3. The SMILES string of the molecule is CC(OC(=O)OC(C)(C)C)[C@@H](C)OC(=O)[C@@H](N)Cc1ccc(O)c(O)c1. The smallest absolute Gasteiger partial charge is 0.504 e. The van der Waals surface area contributed by atoms with Crippen molar-refractivity contribution in [1.82, 2.24) is 0 Å². The van der Waals surface area contributed by atoms with E-state index in [1.165, 1.54) is 12.1 Å². The summed E-state index contributed by atoms with van der Waals surface area (Å²) in [5.74, 6) is -1.23. The molecule has 0 aromatic heterocycles. The Kier molecular flexibility index (Phi) is 7.26. The van der Waals surface area contributed by atoms with Crippen molar-refractivity contribution in [3.05, 3.63) is 23.8 Å². The summed E-state index contributed by atoms with van der Waals surface area (Å²) in [4.78, 5) is 23.7. The van der Waals surface area contributed by atoms with Crippen molar-refractivity contribution < 1.29 is 34.0 Å². The molecule has 1 aromatic carbocycles. The number of rotatable bonds is 6. The molecule has 0 bridgehead atoms. The predicted molar refractivity (Wildman–Crippen MR) is 93.8 cm³/mol. The van der Waals surface area contributed by atoms with Crippen molar-refractivity contribution in [2.24, 2.45) is 5.73 Å². The third-order valence-corrected chi connectivity index (χ3v) is 3.43. The monoisotopic (exact) mass is 369 g/mol. The van der Waals surface area contributed by atoms with E-state index >= 15 is 0 Å². The number of phenols is 2. The van der Waals surface area contributed by atoms with Gasteiger partial charge in [0, 0.05) is 0 Å². The Morgan fingerprint density at radius 1 is 1.08 bits per heavy atom. The Bertz CT molecular complexity index is 639. The maximum absolute atomic E-state index is 12.1. The van der Waals surface area contributed by atoms with Crippen LogP contribution in [0.3, 0.4) is 0 Å². The molecule has 4 N–H and O–H groups in total. The van der Waals surface area contributed by atoms with Crippen molar-refractivity contribution in [3.63, 3.8) is 0 Å². The van der Waals surface area contributed by atoms with Gasteiger partial charge in [0.15, 0.2) is 11.5 Å². The molecule has 0 aliphatic heterocycles. The molecule has 0 aliphatic carbocycles. The van der Waals surface area contributed by atoms with E-state index in [9.17, 15) is 19.8 Å². The summed E-state index contributed by atoms with van der Waals surface area (Å²) in [7, 11) is 0. The van der Waals surface area contributed by atoms with E-state index < -0.39 is 36.0 Å². The third-order valence-electron chi connectivity index (χ3n) is 3.43. The number of benzene rings is 1. The molecule has 0 aliphatic rings. The van der Waals surface area contributed by atoms with E-state index in [0.717, 1.165) is 0 Å². The number of hydrogen-bond donors (Lipinski definition) is 3. The molecule has 8 nitrogen and oxygen atoms in total. The predicted octanol–water partition coefficient (Wildman–Crippen LogP) is 2.24. The molecule has 0 heterocycles. The summed E-state index contributed by atoms with van der Waals surface area (Å²) >= 11 is 0. The first kappa shape index (κ1) is 21.6. The summed E-state index contributed by atoms with van der Waals surface area (Å²) in [5, 5.41) is 18.8. The summed E-state index contributed by atoms with van der Waals surface area (Å²) in [6.45, 7) is 8.28. The van der Waals surface area contributed by atoms with Crippen LogP contribution >= 0.6 is 0 Å². The molecule has 0 radical (unpaired) electrons. The fraction of sp³-hybridized carbons (Fsp3) is 0.556. The largest absolute Gasteiger partial charge is 0.509 e. The van der Waals surface area contributed by atoms with Crippen LogP contribution in [0.15, 0.2) is 18.2 Å². The summed E-state index contributed by atoms with van der Waals surface area (Å²) < 4.78 is 15.3. The van der Waals surface area contributed by atoms with Gasteiger partial charge in [-0.05, 0) is 58.7 Å². The average Bonchev–Trinajstić information content (AvgIpc) is 2.48. The van der Waals surface area contributed by atoms with Gasteiger partial charge >= 0.3 is 12.1 Å². The van der Waals surface area contributed by atoms with Crippen molar-refractivity contribution in [1.29, 1.82) is 0 Å². The second-order valence-corrected chi connectivity index (χ2v) is 7.06. The highest BCUT2D eigenvalue weighted by molar-refractivity contribution is 5.76. The molecule has 0 saturated carbocycles. The van der Waals surface area contributed by atoms with Crippen LogP contribution in [0.25, 0.3) is 0 Å². The number of hydrogen-bond acceptors (Lipinski definition) is 8. The van der Waals surface area contributed by atoms with E-state index in [1.807, 2.05) is 0 Å². The highest BCUT2D eigenvalue weighted by Crippen LogP contribution is 2.25. The molecule has 8 heteroatoms. The Hall–Kier alpha value is -2.48. The van der Waals surface area contributed by atoms with Crippen LogP contribution in [-0.4, -0.2) is 46.2 Å². The maximum atomic E-state index is 12.1. The van der Waals surface area contributed by atoms with Crippen LogP contribution in [0.2, 0.25) is 0 Å². The van der Waals surface area contributed by atoms with Gasteiger partial charge in [0.05, 0.1) is 0 Å². The molecule has 0 amide bonds. The Balaban J connectivity index is 2.54. The highest BCUT2D eigenvalue weighted by atomic mass is 16.7. The van der Waals surface area contributed by atoms with Crippen LogP contribution in [-0.2, 0) is 25.4 Å². The van der Waals surface area contributed by atoms with Crippen molar-refractivity contribution in [2.75, 3.05) is 0 Å². The van der Waals surface area contributed by atoms with E-state index in [0.29, 0.717) is 5.56 Å². The molecular formula is C18H27NO7. The van der Waals surface area contributed by atoms with Gasteiger partial charge in [-0.2, -0.15) is 0 Å². The van der Waals surface area contributed by atoms with E-state index in [4.69, 9.17) is 19.9 Å². The molecular weight excluding hydrogens is 342 g/mol. The molecule has 1 unspecified atom stereocenters. The van der Waals surface area contributed by atoms with E-state index in [-0.39, 0.29) is 17.9 Å². The molecule has 146 valence electrons. The Morgan fingerprint density at radius 3 is 2.19 bits per heavy atom. The van der Waals surface area contributed by atoms with Crippen LogP contribution in [0.4, 0.5) is 4.79 Å². The number of esters is 1. The summed E-state index contributed by atoms with van der Waals surface area (Å²) in [6.07, 6.45) is -2.19. The maximum Gasteiger partial charge on any atom is 0.509 e. The van der Waals surface area contributed by atoms with Gasteiger partial charge in [0.25, 0.3) is 0 Å². The normalized spacial score (nSPS) is 14.8. The Morgan fingerprint density at radius 2 is 1.65 bits per heavy atom. The molecule has 0 spiro atoms. The van der Waals surface area contributed by atoms with Gasteiger partial charge in [-0.3, -0.25) is 4.79 Å². The van der Waals surface area contributed by atoms with Crippen molar-refractivity contribution in [2.45, 2.75) is 64.9 Å². The van der Waals surface area contributed by atoms with Crippen molar-refractivity contribution >= 4 is 12.1 Å². The first-order valence-corrected chi connectivity index (χ1v) is 8.25. The van der Waals surface area contributed by atoms with Gasteiger partial charge in [-0.1, -0.05) is 6.07 Å². The first-order valence-electron chi connectivity index (χ1n) is 8.25. The Labute approximate surface area is 152 Å².